The van der Waals surface area contributed by atoms with Gasteiger partial charge in [-0.15, -0.1) is 0 Å². The minimum atomic E-state index is -0.688. The van der Waals surface area contributed by atoms with Gasteiger partial charge in [0.1, 0.15) is 0 Å². The average molecular weight is 279 g/mol. The molecular formula is C16H25NO3. The van der Waals surface area contributed by atoms with Crippen LogP contribution < -0.4 is 0 Å². The third-order valence-corrected chi connectivity index (χ3v) is 3.48. The molecule has 2 N–H and O–H groups in total. The summed E-state index contributed by atoms with van der Waals surface area (Å²) in [6.07, 6.45) is 11.2. The summed E-state index contributed by atoms with van der Waals surface area (Å²) in [4.78, 5) is 23.9. The molecule has 0 unspecified atom stereocenters. The molecule has 0 aliphatic rings. The van der Waals surface area contributed by atoms with Crippen LogP contribution in [0.1, 0.15) is 74.0 Å². The van der Waals surface area contributed by atoms with Crippen molar-refractivity contribution in [2.45, 2.75) is 64.2 Å². The number of carboxylic acid groups (broad SMARTS) is 1. The molecule has 0 aliphatic heterocycles. The smallest absolute Gasteiger partial charge is 0.303 e. The van der Waals surface area contributed by atoms with E-state index < -0.39 is 5.97 Å². The molecule has 4 heteroatoms. The second kappa shape index (κ2) is 10.2. The number of unbranched alkanes of at least 4 members (excludes halogenated alkanes) is 7. The number of carbonyl (C=O) groups is 2. The second-order valence-corrected chi connectivity index (χ2v) is 5.28. The molecule has 0 fully saturated rings. The SMILES string of the molecule is O=Cc1ccc(CCCCCCCCCCC(=O)O)[nH]1. The van der Waals surface area contributed by atoms with Crippen molar-refractivity contribution in [3.8, 4) is 0 Å². The van der Waals surface area contributed by atoms with Gasteiger partial charge in [0, 0.05) is 12.1 Å². The highest BCUT2D eigenvalue weighted by Crippen LogP contribution is 2.11. The monoisotopic (exact) mass is 279 g/mol. The van der Waals surface area contributed by atoms with Crippen LogP contribution >= 0.6 is 0 Å². The van der Waals surface area contributed by atoms with E-state index in [4.69, 9.17) is 5.11 Å². The lowest BCUT2D eigenvalue weighted by molar-refractivity contribution is -0.137. The van der Waals surface area contributed by atoms with Gasteiger partial charge in [0.05, 0.1) is 5.69 Å². The zero-order chi connectivity index (χ0) is 14.6. The highest BCUT2D eigenvalue weighted by Gasteiger charge is 1.99. The average Bonchev–Trinajstić information content (AvgIpc) is 2.88. The molecule has 1 heterocycles. The maximum absolute atomic E-state index is 10.5. The fourth-order valence-corrected chi connectivity index (χ4v) is 2.33. The van der Waals surface area contributed by atoms with Gasteiger partial charge in [0.15, 0.2) is 6.29 Å². The quantitative estimate of drug-likeness (QED) is 0.449. The number of nitrogens with one attached hydrogen (secondary N) is 1. The van der Waals surface area contributed by atoms with E-state index in [1.807, 2.05) is 12.1 Å². The first kappa shape index (κ1) is 16.5. The summed E-state index contributed by atoms with van der Waals surface area (Å²) in [6.45, 7) is 0. The van der Waals surface area contributed by atoms with Crippen LogP contribution in [0.15, 0.2) is 12.1 Å². The normalized spacial score (nSPS) is 10.6. The standard InChI is InChI=1S/C16H25NO3/c18-13-15-12-11-14(17-15)9-7-5-3-1-2-4-6-8-10-16(19)20/h11-13,17H,1-10H2,(H,19,20). The summed E-state index contributed by atoms with van der Waals surface area (Å²) in [7, 11) is 0. The number of aldehydes is 1. The Morgan fingerprint density at radius 2 is 1.60 bits per heavy atom. The van der Waals surface area contributed by atoms with Crippen LogP contribution in [-0.4, -0.2) is 22.3 Å². The van der Waals surface area contributed by atoms with Gasteiger partial charge < -0.3 is 10.1 Å². The summed E-state index contributed by atoms with van der Waals surface area (Å²) < 4.78 is 0. The van der Waals surface area contributed by atoms with Gasteiger partial charge >= 0.3 is 5.97 Å². The Kier molecular flexibility index (Phi) is 8.43. The van der Waals surface area contributed by atoms with Crippen LogP contribution in [0.5, 0.6) is 0 Å². The van der Waals surface area contributed by atoms with E-state index in [-0.39, 0.29) is 0 Å². The summed E-state index contributed by atoms with van der Waals surface area (Å²) in [5, 5.41) is 8.50. The number of rotatable bonds is 12. The van der Waals surface area contributed by atoms with Crippen molar-refractivity contribution in [1.82, 2.24) is 4.98 Å². The van der Waals surface area contributed by atoms with Crippen LogP contribution in [0.25, 0.3) is 0 Å². The molecule has 0 saturated heterocycles. The van der Waals surface area contributed by atoms with Crippen molar-refractivity contribution >= 4 is 12.3 Å². The molecule has 4 nitrogen and oxygen atoms in total. The summed E-state index contributed by atoms with van der Waals surface area (Å²) in [5.41, 5.74) is 1.79. The molecule has 0 amide bonds. The second-order valence-electron chi connectivity index (χ2n) is 5.28. The van der Waals surface area contributed by atoms with Crippen molar-refractivity contribution in [1.29, 1.82) is 0 Å². The van der Waals surface area contributed by atoms with Crippen molar-refractivity contribution in [2.75, 3.05) is 0 Å². The van der Waals surface area contributed by atoms with E-state index in [0.717, 1.165) is 44.1 Å². The van der Waals surface area contributed by atoms with Gasteiger partial charge in [0.25, 0.3) is 0 Å². The first-order valence-corrected chi connectivity index (χ1v) is 7.57. The first-order chi connectivity index (χ1) is 9.72. The van der Waals surface area contributed by atoms with Gasteiger partial charge in [0.2, 0.25) is 0 Å². The first-order valence-electron chi connectivity index (χ1n) is 7.57. The Morgan fingerprint density at radius 3 is 2.15 bits per heavy atom. The van der Waals surface area contributed by atoms with Gasteiger partial charge in [-0.2, -0.15) is 0 Å². The van der Waals surface area contributed by atoms with Gasteiger partial charge in [-0.05, 0) is 31.4 Å². The lowest BCUT2D eigenvalue weighted by atomic mass is 10.1. The number of carbonyl (C=O) groups excluding carboxylic acids is 1. The van der Waals surface area contributed by atoms with E-state index in [9.17, 15) is 9.59 Å². The highest BCUT2D eigenvalue weighted by molar-refractivity contribution is 5.71. The number of hydrogen-bond acceptors (Lipinski definition) is 2. The number of H-pyrrole nitrogens is 1. The van der Waals surface area contributed by atoms with Gasteiger partial charge in [-0.1, -0.05) is 38.5 Å². The fourth-order valence-electron chi connectivity index (χ4n) is 2.33. The molecule has 20 heavy (non-hydrogen) atoms. The molecule has 0 saturated carbocycles. The Labute approximate surface area is 120 Å². The molecule has 0 spiro atoms. The molecule has 0 bridgehead atoms. The van der Waals surface area contributed by atoms with Crippen molar-refractivity contribution in [3.05, 3.63) is 23.5 Å². The lowest BCUT2D eigenvalue weighted by Gasteiger charge is -2.01. The Balaban J connectivity index is 1.87. The van der Waals surface area contributed by atoms with Gasteiger partial charge in [-0.3, -0.25) is 9.59 Å². The number of aryl methyl sites for hydroxylation is 1. The van der Waals surface area contributed by atoms with Crippen LogP contribution in [0, 0.1) is 0 Å². The molecule has 1 aromatic heterocycles. The molecule has 0 radical (unpaired) electrons. The molecule has 112 valence electrons. The minimum Gasteiger partial charge on any atom is -0.481 e. The largest absolute Gasteiger partial charge is 0.481 e. The lowest BCUT2D eigenvalue weighted by Crippen LogP contribution is -1.93. The van der Waals surface area contributed by atoms with E-state index in [1.165, 1.54) is 25.7 Å². The number of aromatic nitrogens is 1. The van der Waals surface area contributed by atoms with Gasteiger partial charge in [-0.25, -0.2) is 0 Å². The summed E-state index contributed by atoms with van der Waals surface area (Å²) in [5.74, 6) is -0.688. The van der Waals surface area contributed by atoms with E-state index >= 15 is 0 Å². The van der Waals surface area contributed by atoms with E-state index in [0.29, 0.717) is 12.1 Å². The molecule has 1 rings (SSSR count). The zero-order valence-corrected chi connectivity index (χ0v) is 12.1. The van der Waals surface area contributed by atoms with E-state index in [1.54, 1.807) is 0 Å². The zero-order valence-electron chi connectivity index (χ0n) is 12.1. The maximum atomic E-state index is 10.5. The predicted molar refractivity (Wildman–Crippen MR) is 79.1 cm³/mol. The topological polar surface area (TPSA) is 70.2 Å². The Bertz CT molecular complexity index is 398. The fraction of sp³-hybridized carbons (Fsp3) is 0.625. The molecule has 0 aliphatic carbocycles. The number of hydrogen-bond donors (Lipinski definition) is 2. The third kappa shape index (κ3) is 7.77. The summed E-state index contributed by atoms with van der Waals surface area (Å²) >= 11 is 0. The molecule has 1 aromatic rings. The van der Waals surface area contributed by atoms with Crippen molar-refractivity contribution in [2.24, 2.45) is 0 Å². The highest BCUT2D eigenvalue weighted by atomic mass is 16.4. The maximum Gasteiger partial charge on any atom is 0.303 e. The molecule has 0 aromatic carbocycles. The Hall–Kier alpha value is -1.58. The van der Waals surface area contributed by atoms with Crippen LogP contribution in [0.4, 0.5) is 0 Å². The number of carboxylic acids is 1. The number of aliphatic carboxylic acids is 1. The molecular weight excluding hydrogens is 254 g/mol. The summed E-state index contributed by atoms with van der Waals surface area (Å²) in [6, 6.07) is 3.80. The van der Waals surface area contributed by atoms with Crippen LogP contribution in [0.2, 0.25) is 0 Å². The third-order valence-electron chi connectivity index (χ3n) is 3.48. The Morgan fingerprint density at radius 1 is 1.00 bits per heavy atom. The molecule has 0 atom stereocenters. The van der Waals surface area contributed by atoms with Crippen LogP contribution in [0.3, 0.4) is 0 Å². The van der Waals surface area contributed by atoms with E-state index in [2.05, 4.69) is 4.98 Å². The van der Waals surface area contributed by atoms with Crippen molar-refractivity contribution < 1.29 is 14.7 Å². The van der Waals surface area contributed by atoms with Crippen molar-refractivity contribution in [3.63, 3.8) is 0 Å². The van der Waals surface area contributed by atoms with Crippen LogP contribution in [-0.2, 0) is 11.2 Å². The predicted octanol–water partition coefficient (Wildman–Crippen LogP) is 3.97. The number of aromatic amines is 1. The minimum absolute atomic E-state index is 0.304.